The van der Waals surface area contributed by atoms with Crippen LogP contribution in [0, 0.1) is 5.92 Å². The lowest BCUT2D eigenvalue weighted by Crippen LogP contribution is -2.50. The van der Waals surface area contributed by atoms with Crippen molar-refractivity contribution in [1.29, 1.82) is 0 Å². The summed E-state index contributed by atoms with van der Waals surface area (Å²) < 4.78 is 11.0. The third-order valence-corrected chi connectivity index (χ3v) is 7.57. The van der Waals surface area contributed by atoms with E-state index in [-0.39, 0.29) is 31.2 Å². The van der Waals surface area contributed by atoms with Crippen LogP contribution < -0.4 is 9.47 Å². The summed E-state index contributed by atoms with van der Waals surface area (Å²) in [4.78, 5) is 49.9. The zero-order valence-electron chi connectivity index (χ0n) is 22.6. The molecule has 38 heavy (non-hydrogen) atoms. The Labute approximate surface area is 224 Å². The second-order valence-corrected chi connectivity index (χ2v) is 10.2. The smallest absolute Gasteiger partial charge is 0.319 e. The Morgan fingerprint density at radius 3 is 2.68 bits per heavy atom. The highest BCUT2D eigenvalue weighted by Crippen LogP contribution is 2.42. The Hall–Kier alpha value is -3.05. The number of carboxylic acid groups (broad SMARTS) is 1. The summed E-state index contributed by atoms with van der Waals surface area (Å²) in [7, 11) is 1.78. The van der Waals surface area contributed by atoms with Crippen LogP contribution in [0.15, 0.2) is 18.2 Å². The minimum Gasteiger partial charge on any atom is -0.481 e. The summed E-state index contributed by atoms with van der Waals surface area (Å²) in [5.74, 6) is -0.968. The Bertz CT molecular complexity index is 1010. The molecule has 1 N–H and O–H groups in total. The number of carbonyl (C=O) groups is 3. The topological polar surface area (TPSA) is 112 Å². The van der Waals surface area contributed by atoms with E-state index in [4.69, 9.17) is 14.3 Å². The molecule has 11 heteroatoms. The van der Waals surface area contributed by atoms with Gasteiger partial charge in [0.25, 0.3) is 5.91 Å². The molecule has 0 aromatic heterocycles. The zero-order valence-corrected chi connectivity index (χ0v) is 22.6. The fourth-order valence-corrected chi connectivity index (χ4v) is 5.68. The number of nitrogens with zero attached hydrogens (tertiary/aromatic N) is 4. The number of urea groups is 1. The number of likely N-dealkylation sites (tertiary alicyclic amines) is 1. The number of carbonyl (C=O) groups excluding carboxylic acids is 2. The molecule has 3 amide bonds. The van der Waals surface area contributed by atoms with Crippen molar-refractivity contribution >= 4 is 17.9 Å². The predicted octanol–water partition coefficient (Wildman–Crippen LogP) is 2.61. The van der Waals surface area contributed by atoms with Crippen LogP contribution in [0.25, 0.3) is 0 Å². The van der Waals surface area contributed by atoms with Gasteiger partial charge in [0.05, 0.1) is 19.1 Å². The number of benzene rings is 1. The molecule has 210 valence electrons. The summed E-state index contributed by atoms with van der Waals surface area (Å²) in [6.07, 6.45) is 2.86. The van der Waals surface area contributed by atoms with Crippen molar-refractivity contribution in [3.05, 3.63) is 23.8 Å². The quantitative estimate of drug-likeness (QED) is 0.409. The number of hydrogen-bond donors (Lipinski definition) is 1. The molecule has 1 unspecified atom stereocenters. The number of amides is 3. The Kier molecular flexibility index (Phi) is 9.32. The second-order valence-electron chi connectivity index (χ2n) is 10.2. The van der Waals surface area contributed by atoms with Crippen LogP contribution in [0.5, 0.6) is 11.5 Å². The minimum atomic E-state index is -0.914. The molecule has 4 rings (SSSR count). The van der Waals surface area contributed by atoms with E-state index in [1.807, 2.05) is 36.9 Å². The highest BCUT2D eigenvalue weighted by molar-refractivity contribution is 5.78. The Balaban J connectivity index is 1.58. The number of hydroxylamine groups is 2. The van der Waals surface area contributed by atoms with Gasteiger partial charge in [-0.15, -0.1) is 0 Å². The van der Waals surface area contributed by atoms with E-state index in [9.17, 15) is 19.5 Å². The molecular formula is C27H40N4O7. The molecule has 0 aliphatic carbocycles. The summed E-state index contributed by atoms with van der Waals surface area (Å²) in [6.45, 7) is 7.26. The molecule has 11 nitrogen and oxygen atoms in total. The van der Waals surface area contributed by atoms with Gasteiger partial charge in [-0.2, -0.15) is 0 Å². The van der Waals surface area contributed by atoms with Crippen LogP contribution in [-0.4, -0.2) is 109 Å². The van der Waals surface area contributed by atoms with Gasteiger partial charge in [-0.3, -0.25) is 19.3 Å². The fourth-order valence-electron chi connectivity index (χ4n) is 5.68. The van der Waals surface area contributed by atoms with E-state index >= 15 is 0 Å². The molecule has 3 aliphatic heterocycles. The molecule has 3 atom stereocenters. The molecule has 3 aliphatic rings. The van der Waals surface area contributed by atoms with Gasteiger partial charge in [0, 0.05) is 51.7 Å². The summed E-state index contributed by atoms with van der Waals surface area (Å²) >= 11 is 0. The van der Waals surface area contributed by atoms with E-state index in [0.717, 1.165) is 24.8 Å². The Morgan fingerprint density at radius 1 is 1.16 bits per heavy atom. The standard InChI is InChI=1S/C27H40N4O7/c1-4-10-31(38-14-5-2)24(32)17-30-16-20(19-7-8-22-23(15-19)37-18-36-22)25(26(33)34)21(30)9-13-29-12-6-11-28(3)27(29)35/h7-8,15,20-21,25H,4-6,9-14,16-18H2,1-3H3,(H,33,34)/t20-,21+,25?/m1/s1. The van der Waals surface area contributed by atoms with Crippen LogP contribution in [0.3, 0.4) is 0 Å². The lowest BCUT2D eigenvalue weighted by molar-refractivity contribution is -0.188. The lowest BCUT2D eigenvalue weighted by Gasteiger charge is -2.35. The number of fused-ring (bicyclic) bond motifs is 1. The van der Waals surface area contributed by atoms with Crippen molar-refractivity contribution in [2.45, 2.75) is 51.5 Å². The van der Waals surface area contributed by atoms with Gasteiger partial charge in [-0.05, 0) is 43.4 Å². The number of rotatable bonds is 12. The van der Waals surface area contributed by atoms with Gasteiger partial charge in [0.1, 0.15) is 0 Å². The maximum atomic E-state index is 13.3. The van der Waals surface area contributed by atoms with E-state index < -0.39 is 17.9 Å². The molecule has 1 aromatic rings. The minimum absolute atomic E-state index is 0.0434. The average Bonchev–Trinajstić information content (AvgIpc) is 3.51. The summed E-state index contributed by atoms with van der Waals surface area (Å²) in [5.41, 5.74) is 0.836. The predicted molar refractivity (Wildman–Crippen MR) is 139 cm³/mol. The maximum absolute atomic E-state index is 13.3. The Morgan fingerprint density at radius 2 is 1.95 bits per heavy atom. The lowest BCUT2D eigenvalue weighted by atomic mass is 9.84. The van der Waals surface area contributed by atoms with Crippen molar-refractivity contribution in [1.82, 2.24) is 19.8 Å². The molecule has 3 heterocycles. The van der Waals surface area contributed by atoms with Gasteiger partial charge < -0.3 is 24.4 Å². The SMILES string of the molecule is CCCON(CCC)C(=O)CN1C[C@H](c2ccc3c(c2)OCO3)C(C(=O)O)[C@@H]1CCN1CCCN(C)C1=O. The molecular weight excluding hydrogens is 492 g/mol. The highest BCUT2D eigenvalue weighted by atomic mass is 16.7. The van der Waals surface area contributed by atoms with Crippen molar-refractivity contribution < 1.29 is 33.8 Å². The zero-order chi connectivity index (χ0) is 27.2. The van der Waals surface area contributed by atoms with Gasteiger partial charge in [0.15, 0.2) is 11.5 Å². The molecule has 0 saturated carbocycles. The maximum Gasteiger partial charge on any atom is 0.319 e. The van der Waals surface area contributed by atoms with E-state index in [1.54, 1.807) is 16.8 Å². The van der Waals surface area contributed by atoms with Crippen LogP contribution in [0.4, 0.5) is 4.79 Å². The van der Waals surface area contributed by atoms with Gasteiger partial charge >= 0.3 is 12.0 Å². The number of carboxylic acids is 1. The van der Waals surface area contributed by atoms with Crippen molar-refractivity contribution in [3.63, 3.8) is 0 Å². The van der Waals surface area contributed by atoms with Crippen LogP contribution >= 0.6 is 0 Å². The van der Waals surface area contributed by atoms with E-state index in [0.29, 0.717) is 57.3 Å². The van der Waals surface area contributed by atoms with Crippen LogP contribution in [0.1, 0.15) is 51.0 Å². The fraction of sp³-hybridized carbons (Fsp3) is 0.667. The molecule has 2 saturated heterocycles. The van der Waals surface area contributed by atoms with E-state index in [2.05, 4.69) is 0 Å². The molecule has 0 bridgehead atoms. The number of ether oxygens (including phenoxy) is 2. The first-order valence-electron chi connectivity index (χ1n) is 13.6. The highest BCUT2D eigenvalue weighted by Gasteiger charge is 2.47. The number of hydrogen-bond acceptors (Lipinski definition) is 7. The van der Waals surface area contributed by atoms with Crippen molar-refractivity contribution in [2.75, 3.05) is 59.7 Å². The van der Waals surface area contributed by atoms with Crippen molar-refractivity contribution in [3.8, 4) is 11.5 Å². The summed E-state index contributed by atoms with van der Waals surface area (Å²) in [5, 5.41) is 11.8. The molecule has 1 aromatic carbocycles. The third-order valence-electron chi connectivity index (χ3n) is 7.57. The van der Waals surface area contributed by atoms with Crippen molar-refractivity contribution in [2.24, 2.45) is 5.92 Å². The molecule has 0 spiro atoms. The van der Waals surface area contributed by atoms with Gasteiger partial charge in [-0.25, -0.2) is 9.86 Å². The second kappa shape index (κ2) is 12.7. The molecule has 0 radical (unpaired) electrons. The van der Waals surface area contributed by atoms with Crippen LogP contribution in [-0.2, 0) is 14.4 Å². The normalized spacial score (nSPS) is 23.2. The first kappa shape index (κ1) is 28.0. The first-order chi connectivity index (χ1) is 18.3. The average molecular weight is 533 g/mol. The first-order valence-corrected chi connectivity index (χ1v) is 13.6. The molecule has 2 fully saturated rings. The third kappa shape index (κ3) is 6.15. The monoisotopic (exact) mass is 532 g/mol. The number of aliphatic carboxylic acids is 1. The largest absolute Gasteiger partial charge is 0.481 e. The van der Waals surface area contributed by atoms with Gasteiger partial charge in [0.2, 0.25) is 6.79 Å². The summed E-state index contributed by atoms with van der Waals surface area (Å²) in [6, 6.07) is 5.07. The van der Waals surface area contributed by atoms with E-state index in [1.165, 1.54) is 5.06 Å². The van der Waals surface area contributed by atoms with Crippen LogP contribution in [0.2, 0.25) is 0 Å². The van der Waals surface area contributed by atoms with Gasteiger partial charge in [-0.1, -0.05) is 19.9 Å².